The molecule has 1 amide bonds. The van der Waals surface area contributed by atoms with Crippen molar-refractivity contribution in [1.82, 2.24) is 5.32 Å². The van der Waals surface area contributed by atoms with E-state index >= 15 is 0 Å². The molecule has 0 radical (unpaired) electrons. The van der Waals surface area contributed by atoms with Crippen LogP contribution < -0.4 is 9.62 Å². The molecule has 1 aliphatic heterocycles. The molecule has 0 spiro atoms. The standard InChI is InChI=1S/C20H21ClN2O4S/c1-2-13-22-20(24)27-14-17-10-7-15-5-3-4-6-19(15)23(17)28(25,26)18-11-8-16(21)9-12-18/h2-6,8-9,11-12,17H,1,7,10,13-14H2,(H,22,24). The number of hydrogen-bond acceptors (Lipinski definition) is 4. The van der Waals surface area contributed by atoms with E-state index in [-0.39, 0.29) is 18.0 Å². The van der Waals surface area contributed by atoms with Gasteiger partial charge in [-0.25, -0.2) is 13.2 Å². The second-order valence-electron chi connectivity index (χ2n) is 6.34. The lowest BCUT2D eigenvalue weighted by Gasteiger charge is -2.37. The van der Waals surface area contributed by atoms with Crippen LogP contribution in [-0.2, 0) is 21.2 Å². The number of nitrogens with one attached hydrogen (secondary N) is 1. The summed E-state index contributed by atoms with van der Waals surface area (Å²) >= 11 is 5.90. The van der Waals surface area contributed by atoms with Gasteiger partial charge >= 0.3 is 6.09 Å². The normalized spacial score (nSPS) is 16.2. The van der Waals surface area contributed by atoms with E-state index in [0.29, 0.717) is 23.6 Å². The lowest BCUT2D eigenvalue weighted by atomic mass is 9.98. The number of carbonyl (C=O) groups excluding carboxylic acids is 1. The van der Waals surface area contributed by atoms with E-state index in [9.17, 15) is 13.2 Å². The van der Waals surface area contributed by atoms with Crippen molar-refractivity contribution in [2.45, 2.75) is 23.8 Å². The molecule has 2 aromatic carbocycles. The van der Waals surface area contributed by atoms with Gasteiger partial charge in [-0.05, 0) is 48.7 Å². The molecule has 0 fully saturated rings. The molecule has 8 heteroatoms. The average Bonchev–Trinajstić information content (AvgIpc) is 2.70. The molecule has 28 heavy (non-hydrogen) atoms. The molecular weight excluding hydrogens is 400 g/mol. The van der Waals surface area contributed by atoms with Crippen LogP contribution in [0.3, 0.4) is 0 Å². The van der Waals surface area contributed by atoms with E-state index in [2.05, 4.69) is 11.9 Å². The largest absolute Gasteiger partial charge is 0.447 e. The summed E-state index contributed by atoms with van der Waals surface area (Å²) in [5.41, 5.74) is 1.54. The van der Waals surface area contributed by atoms with Crippen molar-refractivity contribution in [1.29, 1.82) is 0 Å². The smallest absolute Gasteiger partial charge is 0.407 e. The minimum atomic E-state index is -3.86. The molecule has 0 aliphatic carbocycles. The van der Waals surface area contributed by atoms with Crippen molar-refractivity contribution in [2.75, 3.05) is 17.5 Å². The summed E-state index contributed by atoms with van der Waals surface area (Å²) in [5, 5.41) is 2.98. The number of alkyl carbamates (subject to hydrolysis) is 1. The number of amides is 1. The Morgan fingerprint density at radius 1 is 1.25 bits per heavy atom. The first-order valence-electron chi connectivity index (χ1n) is 8.83. The molecule has 0 saturated carbocycles. The number of nitrogens with zero attached hydrogens (tertiary/aromatic N) is 1. The average molecular weight is 421 g/mol. The van der Waals surface area contributed by atoms with Gasteiger partial charge in [-0.1, -0.05) is 35.9 Å². The predicted molar refractivity (Wildman–Crippen MR) is 109 cm³/mol. The Kier molecular flexibility index (Phi) is 6.26. The summed E-state index contributed by atoms with van der Waals surface area (Å²) in [6.07, 6.45) is 2.17. The van der Waals surface area contributed by atoms with Crippen LogP contribution in [0.1, 0.15) is 12.0 Å². The molecule has 6 nitrogen and oxygen atoms in total. The topological polar surface area (TPSA) is 75.7 Å². The fourth-order valence-electron chi connectivity index (χ4n) is 3.15. The molecule has 2 aromatic rings. The zero-order chi connectivity index (χ0) is 20.1. The summed E-state index contributed by atoms with van der Waals surface area (Å²) in [4.78, 5) is 11.9. The molecule has 0 bridgehead atoms. The molecule has 1 aliphatic rings. The highest BCUT2D eigenvalue weighted by Crippen LogP contribution is 2.35. The highest BCUT2D eigenvalue weighted by atomic mass is 35.5. The van der Waals surface area contributed by atoms with Crippen LogP contribution in [0.2, 0.25) is 5.02 Å². The van der Waals surface area contributed by atoms with Crippen molar-refractivity contribution in [3.8, 4) is 0 Å². The van der Waals surface area contributed by atoms with Gasteiger partial charge in [0.1, 0.15) is 6.61 Å². The molecule has 3 rings (SSSR count). The van der Waals surface area contributed by atoms with Crippen LogP contribution in [0.25, 0.3) is 0 Å². The minimum Gasteiger partial charge on any atom is -0.447 e. The van der Waals surface area contributed by atoms with Crippen LogP contribution in [0.15, 0.2) is 66.1 Å². The maximum absolute atomic E-state index is 13.4. The first-order valence-corrected chi connectivity index (χ1v) is 10.6. The maximum atomic E-state index is 13.4. The van der Waals surface area contributed by atoms with Crippen LogP contribution in [0.5, 0.6) is 0 Å². The second-order valence-corrected chi connectivity index (χ2v) is 8.60. The number of hydrogen-bond donors (Lipinski definition) is 1. The third-order valence-electron chi connectivity index (χ3n) is 4.48. The Hall–Kier alpha value is -2.51. The summed E-state index contributed by atoms with van der Waals surface area (Å²) in [6, 6.07) is 12.9. The van der Waals surface area contributed by atoms with Crippen molar-refractivity contribution in [2.24, 2.45) is 0 Å². The first-order chi connectivity index (χ1) is 13.4. The summed E-state index contributed by atoms with van der Waals surface area (Å²) < 4.78 is 33.4. The van der Waals surface area contributed by atoms with E-state index in [1.165, 1.54) is 22.5 Å². The fraction of sp³-hybridized carbons (Fsp3) is 0.250. The molecule has 1 heterocycles. The Morgan fingerprint density at radius 2 is 1.96 bits per heavy atom. The third kappa shape index (κ3) is 4.31. The van der Waals surface area contributed by atoms with Gasteiger partial charge in [0.25, 0.3) is 10.0 Å². The number of carbonyl (C=O) groups is 1. The van der Waals surface area contributed by atoms with Crippen molar-refractivity contribution in [3.05, 3.63) is 71.8 Å². The Bertz CT molecular complexity index is 960. The zero-order valence-corrected chi connectivity index (χ0v) is 16.7. The molecule has 148 valence electrons. The van der Waals surface area contributed by atoms with Gasteiger partial charge in [0.2, 0.25) is 0 Å². The predicted octanol–water partition coefficient (Wildman–Crippen LogP) is 3.76. The number of aryl methyl sites for hydroxylation is 1. The Labute approximate surface area is 169 Å². The Morgan fingerprint density at radius 3 is 2.68 bits per heavy atom. The van der Waals surface area contributed by atoms with Gasteiger partial charge in [-0.2, -0.15) is 0 Å². The van der Waals surface area contributed by atoms with Gasteiger partial charge in [-0.3, -0.25) is 4.31 Å². The summed E-state index contributed by atoms with van der Waals surface area (Å²) in [7, 11) is -3.86. The van der Waals surface area contributed by atoms with Gasteiger partial charge in [0.05, 0.1) is 16.6 Å². The van der Waals surface area contributed by atoms with Crippen molar-refractivity contribution < 1.29 is 17.9 Å². The number of anilines is 1. The van der Waals surface area contributed by atoms with E-state index in [1.807, 2.05) is 12.1 Å². The highest BCUT2D eigenvalue weighted by molar-refractivity contribution is 7.92. The lowest BCUT2D eigenvalue weighted by molar-refractivity contribution is 0.139. The number of sulfonamides is 1. The zero-order valence-electron chi connectivity index (χ0n) is 15.2. The SMILES string of the molecule is C=CCNC(=O)OCC1CCc2ccccc2N1S(=O)(=O)c1ccc(Cl)cc1. The van der Waals surface area contributed by atoms with Crippen LogP contribution in [-0.4, -0.2) is 33.7 Å². The highest BCUT2D eigenvalue weighted by Gasteiger charge is 2.36. The number of benzene rings is 2. The molecule has 1 unspecified atom stereocenters. The van der Waals surface area contributed by atoms with Crippen molar-refractivity contribution >= 4 is 33.4 Å². The van der Waals surface area contributed by atoms with Crippen molar-refractivity contribution in [3.63, 3.8) is 0 Å². The monoisotopic (exact) mass is 420 g/mol. The molecule has 1 atom stereocenters. The minimum absolute atomic E-state index is 0.0515. The summed E-state index contributed by atoms with van der Waals surface area (Å²) in [5.74, 6) is 0. The Balaban J connectivity index is 1.93. The lowest BCUT2D eigenvalue weighted by Crippen LogP contribution is -2.47. The van der Waals surface area contributed by atoms with Crippen LogP contribution >= 0.6 is 11.6 Å². The number of halogens is 1. The van der Waals surface area contributed by atoms with Crippen LogP contribution in [0.4, 0.5) is 10.5 Å². The number of rotatable bonds is 6. The maximum Gasteiger partial charge on any atom is 0.407 e. The quantitative estimate of drug-likeness (QED) is 0.722. The number of ether oxygens (including phenoxy) is 1. The van der Waals surface area contributed by atoms with E-state index < -0.39 is 22.2 Å². The van der Waals surface area contributed by atoms with Gasteiger partial charge in [0.15, 0.2) is 0 Å². The first kappa shape index (κ1) is 20.2. The molecule has 1 N–H and O–H groups in total. The van der Waals surface area contributed by atoms with Gasteiger partial charge in [-0.15, -0.1) is 6.58 Å². The van der Waals surface area contributed by atoms with E-state index in [0.717, 1.165) is 5.56 Å². The number of para-hydroxylation sites is 1. The van der Waals surface area contributed by atoms with E-state index in [4.69, 9.17) is 16.3 Å². The fourth-order valence-corrected chi connectivity index (χ4v) is 4.98. The number of fused-ring (bicyclic) bond motifs is 1. The second kappa shape index (κ2) is 8.67. The van der Waals surface area contributed by atoms with Crippen LogP contribution in [0, 0.1) is 0 Å². The van der Waals surface area contributed by atoms with Gasteiger partial charge < -0.3 is 10.1 Å². The molecule has 0 aromatic heterocycles. The molecular formula is C20H21ClN2O4S. The third-order valence-corrected chi connectivity index (χ3v) is 6.61. The summed E-state index contributed by atoms with van der Waals surface area (Å²) in [6.45, 7) is 3.75. The van der Waals surface area contributed by atoms with E-state index in [1.54, 1.807) is 24.3 Å². The van der Waals surface area contributed by atoms with Gasteiger partial charge in [0, 0.05) is 11.6 Å². The molecule has 0 saturated heterocycles.